The SMILES string of the molecule is Cn1c(Br)nc2c(=O)[nH]c(N)nc21.[3H]c1ccc(C#C)cc1.[3H]c1ccc(C#Cc2nc3c(=O)[nH]c(N)nc3n2C)cc1. The molecule has 12 nitrogen and oxygen atoms in total. The predicted molar refractivity (Wildman–Crippen MR) is 162 cm³/mol. The fourth-order valence-electron chi connectivity index (χ4n) is 3.34. The monoisotopic (exact) mass is 614 g/mol. The molecule has 0 saturated heterocycles. The highest BCUT2D eigenvalue weighted by atomic mass is 79.9. The first-order valence-corrected chi connectivity index (χ1v) is 12.5. The van der Waals surface area contributed by atoms with Crippen LogP contribution in [0.1, 0.15) is 19.7 Å². The zero-order valence-corrected chi connectivity index (χ0v) is 23.3. The molecular formula is C28H23BrN10O2. The van der Waals surface area contributed by atoms with E-state index in [1.807, 2.05) is 0 Å². The second kappa shape index (κ2) is 12.5. The Morgan fingerprint density at radius 2 is 1.29 bits per heavy atom. The van der Waals surface area contributed by atoms with Gasteiger partial charge in [0.1, 0.15) is 0 Å². The Morgan fingerprint density at radius 1 is 0.805 bits per heavy atom. The number of nitrogens with two attached hydrogens (primary N) is 2. The van der Waals surface area contributed by atoms with Crippen molar-refractivity contribution in [3.8, 4) is 24.2 Å². The van der Waals surface area contributed by atoms with E-state index >= 15 is 0 Å². The van der Waals surface area contributed by atoms with Crippen LogP contribution in [0.5, 0.6) is 0 Å². The molecule has 0 bridgehead atoms. The van der Waals surface area contributed by atoms with Gasteiger partial charge in [-0.25, -0.2) is 9.97 Å². The Labute approximate surface area is 244 Å². The highest BCUT2D eigenvalue weighted by Crippen LogP contribution is 2.13. The molecule has 0 radical (unpaired) electrons. The van der Waals surface area contributed by atoms with E-state index in [4.69, 9.17) is 20.6 Å². The normalized spacial score (nSPS) is 10.7. The summed E-state index contributed by atoms with van der Waals surface area (Å²) in [7, 11) is 3.46. The quantitative estimate of drug-likeness (QED) is 0.149. The van der Waals surface area contributed by atoms with Crippen molar-refractivity contribution in [1.82, 2.24) is 39.0 Å². The minimum absolute atomic E-state index is 0.0426. The lowest BCUT2D eigenvalue weighted by molar-refractivity contribution is 0.897. The second-order valence-corrected chi connectivity index (χ2v) is 8.86. The fraction of sp³-hybridized carbons (Fsp3) is 0.0714. The van der Waals surface area contributed by atoms with Crippen molar-refractivity contribution < 1.29 is 2.74 Å². The Bertz CT molecular complexity index is 2170. The Hall–Kier alpha value is -5.66. The number of benzene rings is 2. The number of hydrogen-bond donors (Lipinski definition) is 4. The Balaban J connectivity index is 0.000000163. The van der Waals surface area contributed by atoms with Gasteiger partial charge in [0.25, 0.3) is 11.1 Å². The van der Waals surface area contributed by atoms with Crippen LogP contribution in [-0.2, 0) is 14.1 Å². The molecular weight excluding hydrogens is 588 g/mol. The van der Waals surface area contributed by atoms with Gasteiger partial charge in [-0.1, -0.05) is 48.2 Å². The van der Waals surface area contributed by atoms with Crippen molar-refractivity contribution in [2.24, 2.45) is 14.1 Å². The number of H-pyrrole nitrogens is 2. The molecule has 4 aromatic heterocycles. The van der Waals surface area contributed by atoms with E-state index < -0.39 is 0 Å². The maximum atomic E-state index is 11.8. The van der Waals surface area contributed by atoms with E-state index in [9.17, 15) is 9.59 Å². The van der Waals surface area contributed by atoms with E-state index in [2.05, 4.69) is 63.6 Å². The fourth-order valence-corrected chi connectivity index (χ4v) is 3.69. The molecule has 0 saturated carbocycles. The van der Waals surface area contributed by atoms with Gasteiger partial charge in [-0.3, -0.25) is 19.6 Å². The Morgan fingerprint density at radius 3 is 1.83 bits per heavy atom. The van der Waals surface area contributed by atoms with Crippen LogP contribution >= 0.6 is 15.9 Å². The van der Waals surface area contributed by atoms with Crippen LogP contribution in [0.15, 0.2) is 74.9 Å². The van der Waals surface area contributed by atoms with Gasteiger partial charge in [0.05, 0.1) is 2.74 Å². The predicted octanol–water partition coefficient (Wildman–Crippen LogP) is 2.31. The van der Waals surface area contributed by atoms with Crippen LogP contribution in [0, 0.1) is 24.2 Å². The third-order valence-corrected chi connectivity index (χ3v) is 6.07. The second-order valence-electron chi connectivity index (χ2n) is 8.15. The van der Waals surface area contributed by atoms with Gasteiger partial charge >= 0.3 is 0 Å². The standard InChI is InChI=1S/C14H11N5O.C8H6.C6H6BrN5O/c1-19-10(8-7-9-5-3-2-4-6-9)16-11-12(19)17-14(15)18-13(11)20;1-2-8-6-4-3-5-7-8;1-12-3-2(9-5(12)7)4(13)11-6(8)10-3/h2-6H,1H3,(H3,15,17,18,20);1,3-7H;1H3,(H3,8,10,11,13)/i2T;3T;. The summed E-state index contributed by atoms with van der Waals surface area (Å²) < 4.78 is 18.3. The van der Waals surface area contributed by atoms with Crippen molar-refractivity contribution in [3.05, 3.63) is 103 Å². The average Bonchev–Trinajstić information content (AvgIpc) is 3.45. The van der Waals surface area contributed by atoms with E-state index in [1.165, 1.54) is 0 Å². The molecule has 0 aliphatic carbocycles. The van der Waals surface area contributed by atoms with Crippen molar-refractivity contribution in [2.75, 3.05) is 11.5 Å². The van der Waals surface area contributed by atoms with Crippen LogP contribution in [0.4, 0.5) is 11.9 Å². The zero-order valence-electron chi connectivity index (χ0n) is 23.7. The molecule has 0 fully saturated rings. The van der Waals surface area contributed by atoms with Crippen LogP contribution in [0.2, 0.25) is 0 Å². The molecule has 204 valence electrons. The van der Waals surface area contributed by atoms with Crippen LogP contribution in [0.3, 0.4) is 0 Å². The molecule has 0 spiro atoms. The number of aromatic amines is 2. The molecule has 2 aromatic carbocycles. The van der Waals surface area contributed by atoms with E-state index in [1.54, 1.807) is 71.8 Å². The lowest BCUT2D eigenvalue weighted by atomic mass is 10.2. The van der Waals surface area contributed by atoms with Crippen molar-refractivity contribution >= 4 is 50.2 Å². The number of terminal acetylenes is 1. The minimum atomic E-state index is -0.389. The highest BCUT2D eigenvalue weighted by Gasteiger charge is 2.12. The number of halogens is 1. The number of nitrogens with zero attached hydrogens (tertiary/aromatic N) is 6. The maximum Gasteiger partial charge on any atom is 0.280 e. The van der Waals surface area contributed by atoms with Crippen molar-refractivity contribution in [2.45, 2.75) is 0 Å². The van der Waals surface area contributed by atoms with Gasteiger partial charge in [-0.05, 0) is 46.1 Å². The Kier molecular flexibility index (Phi) is 7.79. The zero-order chi connectivity index (χ0) is 31.3. The largest absolute Gasteiger partial charge is 0.369 e. The summed E-state index contributed by atoms with van der Waals surface area (Å²) in [4.78, 5) is 44.0. The maximum absolute atomic E-state index is 11.8. The molecule has 0 amide bonds. The van der Waals surface area contributed by atoms with Crippen molar-refractivity contribution in [1.29, 1.82) is 0 Å². The summed E-state index contributed by atoms with van der Waals surface area (Å²) in [5.41, 5.74) is 13.1. The smallest absolute Gasteiger partial charge is 0.280 e. The number of rotatable bonds is 0. The molecule has 4 heterocycles. The number of nitrogen functional groups attached to an aromatic ring is 2. The lowest BCUT2D eigenvalue weighted by Gasteiger charge is -1.95. The van der Waals surface area contributed by atoms with E-state index in [0.29, 0.717) is 33.9 Å². The summed E-state index contributed by atoms with van der Waals surface area (Å²) >= 11 is 3.19. The number of hydrogen-bond acceptors (Lipinski definition) is 8. The minimum Gasteiger partial charge on any atom is -0.369 e. The van der Waals surface area contributed by atoms with Gasteiger partial charge in [0.2, 0.25) is 11.9 Å². The van der Waals surface area contributed by atoms with E-state index in [-0.39, 0.29) is 34.0 Å². The molecule has 0 aliphatic heterocycles. The number of fused-ring (bicyclic) bond motifs is 2. The van der Waals surface area contributed by atoms with Gasteiger partial charge in [-0.2, -0.15) is 9.97 Å². The number of aromatic nitrogens is 8. The van der Waals surface area contributed by atoms with Gasteiger partial charge in [-0.15, -0.1) is 6.42 Å². The number of nitrogens with one attached hydrogen (secondary N) is 2. The summed E-state index contributed by atoms with van der Waals surface area (Å²) in [5, 5.41) is 0. The first-order chi connectivity index (χ1) is 20.5. The molecule has 6 rings (SSSR count). The molecule has 0 atom stereocenters. The summed E-state index contributed by atoms with van der Waals surface area (Å²) in [5.74, 6) is 8.85. The lowest BCUT2D eigenvalue weighted by Crippen LogP contribution is -2.11. The number of aryl methyl sites for hydroxylation is 2. The number of anilines is 2. The van der Waals surface area contributed by atoms with Crippen LogP contribution < -0.4 is 22.6 Å². The first kappa shape index (κ1) is 25.6. The average molecular weight is 615 g/mol. The summed E-state index contributed by atoms with van der Waals surface area (Å²) in [6, 6.07) is 14.6. The van der Waals surface area contributed by atoms with Crippen LogP contribution in [-0.4, -0.2) is 39.0 Å². The first-order valence-electron chi connectivity index (χ1n) is 12.7. The van der Waals surface area contributed by atoms with Crippen LogP contribution in [0.25, 0.3) is 22.3 Å². The molecule has 6 N–H and O–H groups in total. The van der Waals surface area contributed by atoms with Crippen molar-refractivity contribution in [3.63, 3.8) is 0 Å². The number of imidazole rings is 2. The van der Waals surface area contributed by atoms with E-state index in [0.717, 1.165) is 11.1 Å². The van der Waals surface area contributed by atoms with Gasteiger partial charge in [0, 0.05) is 25.2 Å². The third kappa shape index (κ3) is 6.68. The topological polar surface area (TPSA) is 179 Å². The molecule has 41 heavy (non-hydrogen) atoms. The third-order valence-electron chi connectivity index (χ3n) is 5.36. The van der Waals surface area contributed by atoms with Gasteiger partial charge in [0.15, 0.2) is 32.9 Å². The molecule has 6 aromatic rings. The summed E-state index contributed by atoms with van der Waals surface area (Å²) in [6.45, 7) is 0. The molecule has 0 unspecified atom stereocenters. The highest BCUT2D eigenvalue weighted by molar-refractivity contribution is 9.10. The molecule has 0 aliphatic rings. The summed E-state index contributed by atoms with van der Waals surface area (Å²) in [6.07, 6.45) is 5.09. The molecule has 13 heteroatoms. The van der Waals surface area contributed by atoms with Gasteiger partial charge < -0.3 is 20.6 Å².